The smallest absolute Gasteiger partial charge is 0.322 e. The van der Waals surface area contributed by atoms with Gasteiger partial charge in [0.2, 0.25) is 5.82 Å². The molecule has 0 N–H and O–H groups in total. The Morgan fingerprint density at radius 2 is 1.94 bits per heavy atom. The first-order chi connectivity index (χ1) is 8.34. The minimum atomic E-state index is -4.36. The molecular formula is C12H18F3N3. The summed E-state index contributed by atoms with van der Waals surface area (Å²) in [5, 5.41) is 0. The molecule has 0 bridgehead atoms. The van der Waals surface area contributed by atoms with Crippen LogP contribution in [-0.2, 0) is 19.3 Å². The molecule has 1 aromatic heterocycles. The van der Waals surface area contributed by atoms with Gasteiger partial charge in [0.1, 0.15) is 0 Å². The van der Waals surface area contributed by atoms with Crippen LogP contribution in [0.15, 0.2) is 0 Å². The van der Waals surface area contributed by atoms with Crippen LogP contribution in [0.25, 0.3) is 0 Å². The highest BCUT2D eigenvalue weighted by molar-refractivity contribution is 5.23. The second-order valence-corrected chi connectivity index (χ2v) is 4.94. The zero-order valence-corrected chi connectivity index (χ0v) is 10.9. The highest BCUT2D eigenvalue weighted by Crippen LogP contribution is 2.34. The molecule has 1 aliphatic heterocycles. The van der Waals surface area contributed by atoms with E-state index < -0.39 is 12.0 Å². The molecule has 1 aromatic rings. The fraction of sp³-hybridized carbons (Fsp3) is 0.750. The van der Waals surface area contributed by atoms with E-state index in [4.69, 9.17) is 0 Å². The average Bonchev–Trinajstić information content (AvgIpc) is 2.66. The normalized spacial score (nSPS) is 17.3. The van der Waals surface area contributed by atoms with Crippen molar-refractivity contribution in [3.05, 3.63) is 17.2 Å². The first-order valence-electron chi connectivity index (χ1n) is 6.23. The standard InChI is InChI=1S/C12H18F3N3/c1-4-17-5-6-18-9(7-17)10(8(2)3)16-11(18)12(13,14)15/h8H,4-7H2,1-3H3. The summed E-state index contributed by atoms with van der Waals surface area (Å²) in [5.74, 6) is -0.726. The van der Waals surface area contributed by atoms with Gasteiger partial charge in [-0.1, -0.05) is 20.8 Å². The molecule has 0 fully saturated rings. The topological polar surface area (TPSA) is 21.1 Å². The summed E-state index contributed by atoms with van der Waals surface area (Å²) in [6.07, 6.45) is -4.36. The minimum absolute atomic E-state index is 0.0131. The molecule has 2 heterocycles. The fourth-order valence-electron chi connectivity index (χ4n) is 2.39. The fourth-order valence-corrected chi connectivity index (χ4v) is 2.39. The third-order valence-corrected chi connectivity index (χ3v) is 3.36. The van der Waals surface area contributed by atoms with Crippen molar-refractivity contribution in [2.24, 2.45) is 0 Å². The Morgan fingerprint density at radius 1 is 1.28 bits per heavy atom. The molecule has 0 amide bonds. The number of hydrogen-bond donors (Lipinski definition) is 0. The van der Waals surface area contributed by atoms with Crippen LogP contribution >= 0.6 is 0 Å². The highest BCUT2D eigenvalue weighted by Gasteiger charge is 2.40. The van der Waals surface area contributed by atoms with Gasteiger partial charge in [-0.15, -0.1) is 0 Å². The molecule has 0 saturated heterocycles. The summed E-state index contributed by atoms with van der Waals surface area (Å²) >= 11 is 0. The van der Waals surface area contributed by atoms with Crippen molar-refractivity contribution in [2.45, 2.75) is 46.0 Å². The van der Waals surface area contributed by atoms with Gasteiger partial charge in [-0.3, -0.25) is 4.90 Å². The summed E-state index contributed by atoms with van der Waals surface area (Å²) in [5.41, 5.74) is 1.31. The summed E-state index contributed by atoms with van der Waals surface area (Å²) in [7, 11) is 0. The SMILES string of the molecule is CCN1CCn2c(C(F)(F)F)nc(C(C)C)c2C1. The number of imidazole rings is 1. The van der Waals surface area contributed by atoms with Gasteiger partial charge in [-0.05, 0) is 12.5 Å². The van der Waals surface area contributed by atoms with Crippen molar-refractivity contribution in [3.63, 3.8) is 0 Å². The zero-order valence-electron chi connectivity index (χ0n) is 10.9. The van der Waals surface area contributed by atoms with Crippen LogP contribution in [-0.4, -0.2) is 27.5 Å². The Hall–Kier alpha value is -1.04. The van der Waals surface area contributed by atoms with E-state index in [-0.39, 0.29) is 5.92 Å². The van der Waals surface area contributed by atoms with Crippen molar-refractivity contribution >= 4 is 0 Å². The van der Waals surface area contributed by atoms with Gasteiger partial charge in [0.05, 0.1) is 11.4 Å². The monoisotopic (exact) mass is 261 g/mol. The number of nitrogens with zero attached hydrogens (tertiary/aromatic N) is 3. The molecule has 0 atom stereocenters. The van der Waals surface area contributed by atoms with Crippen LogP contribution in [0.3, 0.4) is 0 Å². The van der Waals surface area contributed by atoms with Crippen molar-refractivity contribution in [2.75, 3.05) is 13.1 Å². The summed E-state index contributed by atoms with van der Waals surface area (Å²) in [6, 6.07) is 0. The lowest BCUT2D eigenvalue weighted by Gasteiger charge is -2.28. The van der Waals surface area contributed by atoms with Crippen LogP contribution in [0.2, 0.25) is 0 Å². The zero-order chi connectivity index (χ0) is 13.5. The highest BCUT2D eigenvalue weighted by atomic mass is 19.4. The molecule has 0 unspecified atom stereocenters. The molecule has 18 heavy (non-hydrogen) atoms. The van der Waals surface area contributed by atoms with Crippen LogP contribution in [0, 0.1) is 0 Å². The van der Waals surface area contributed by atoms with E-state index in [0.717, 1.165) is 12.2 Å². The Labute approximate surface area is 105 Å². The van der Waals surface area contributed by atoms with E-state index >= 15 is 0 Å². The van der Waals surface area contributed by atoms with E-state index in [9.17, 15) is 13.2 Å². The van der Waals surface area contributed by atoms with Gasteiger partial charge in [-0.2, -0.15) is 13.2 Å². The summed E-state index contributed by atoms with van der Waals surface area (Å²) in [4.78, 5) is 5.98. The molecule has 3 nitrogen and oxygen atoms in total. The number of aromatic nitrogens is 2. The molecule has 2 rings (SSSR count). The summed E-state index contributed by atoms with van der Waals surface area (Å²) < 4.78 is 40.2. The lowest BCUT2D eigenvalue weighted by atomic mass is 10.1. The molecule has 0 radical (unpaired) electrons. The molecule has 0 saturated carbocycles. The number of halogens is 3. The quantitative estimate of drug-likeness (QED) is 0.816. The van der Waals surface area contributed by atoms with E-state index in [1.165, 1.54) is 4.57 Å². The van der Waals surface area contributed by atoms with Crippen LogP contribution in [0.4, 0.5) is 13.2 Å². The first-order valence-corrected chi connectivity index (χ1v) is 6.23. The Kier molecular flexibility index (Phi) is 3.40. The second-order valence-electron chi connectivity index (χ2n) is 4.94. The second kappa shape index (κ2) is 4.57. The molecule has 0 aliphatic carbocycles. The maximum atomic E-state index is 12.9. The lowest BCUT2D eigenvalue weighted by molar-refractivity contribution is -0.147. The lowest BCUT2D eigenvalue weighted by Crippen LogP contribution is -2.35. The minimum Gasteiger partial charge on any atom is -0.322 e. The van der Waals surface area contributed by atoms with E-state index in [2.05, 4.69) is 9.88 Å². The number of hydrogen-bond acceptors (Lipinski definition) is 2. The van der Waals surface area contributed by atoms with Gasteiger partial charge >= 0.3 is 6.18 Å². The Morgan fingerprint density at radius 3 is 2.44 bits per heavy atom. The van der Waals surface area contributed by atoms with Crippen molar-refractivity contribution in [3.8, 4) is 0 Å². The molecule has 6 heteroatoms. The van der Waals surface area contributed by atoms with Crippen LogP contribution < -0.4 is 0 Å². The van der Waals surface area contributed by atoms with Crippen LogP contribution in [0.1, 0.15) is 43.9 Å². The van der Waals surface area contributed by atoms with Crippen molar-refractivity contribution in [1.82, 2.24) is 14.5 Å². The predicted octanol–water partition coefficient (Wildman–Crippen LogP) is 2.86. The van der Waals surface area contributed by atoms with E-state index in [1.807, 2.05) is 20.8 Å². The van der Waals surface area contributed by atoms with Gasteiger partial charge in [-0.25, -0.2) is 4.98 Å². The molecule has 0 aromatic carbocycles. The Bertz CT molecular complexity index is 435. The van der Waals surface area contributed by atoms with E-state index in [0.29, 0.717) is 25.3 Å². The van der Waals surface area contributed by atoms with Gasteiger partial charge in [0.25, 0.3) is 0 Å². The van der Waals surface area contributed by atoms with Crippen molar-refractivity contribution in [1.29, 1.82) is 0 Å². The van der Waals surface area contributed by atoms with Gasteiger partial charge in [0, 0.05) is 19.6 Å². The molecule has 0 spiro atoms. The average molecular weight is 261 g/mol. The van der Waals surface area contributed by atoms with Crippen LogP contribution in [0.5, 0.6) is 0 Å². The number of fused-ring (bicyclic) bond motifs is 1. The largest absolute Gasteiger partial charge is 0.449 e. The number of alkyl halides is 3. The third kappa shape index (κ3) is 2.25. The van der Waals surface area contributed by atoms with Gasteiger partial charge < -0.3 is 4.57 Å². The molecule has 102 valence electrons. The van der Waals surface area contributed by atoms with Gasteiger partial charge in [0.15, 0.2) is 0 Å². The maximum Gasteiger partial charge on any atom is 0.449 e. The Balaban J connectivity index is 2.49. The number of likely N-dealkylation sites (N-methyl/N-ethyl adjacent to an activating group) is 1. The van der Waals surface area contributed by atoms with E-state index in [1.54, 1.807) is 0 Å². The maximum absolute atomic E-state index is 12.9. The first kappa shape index (κ1) is 13.4. The molecular weight excluding hydrogens is 243 g/mol. The third-order valence-electron chi connectivity index (χ3n) is 3.36. The predicted molar refractivity (Wildman–Crippen MR) is 62.3 cm³/mol. The summed E-state index contributed by atoms with van der Waals surface area (Å²) in [6.45, 7) is 8.23. The number of rotatable bonds is 2. The van der Waals surface area contributed by atoms with Crippen molar-refractivity contribution < 1.29 is 13.2 Å². The molecule has 1 aliphatic rings.